The maximum absolute atomic E-state index is 12.0. The summed E-state index contributed by atoms with van der Waals surface area (Å²) in [5, 5.41) is 7.60. The van der Waals surface area contributed by atoms with Crippen LogP contribution in [0.15, 0.2) is 17.6 Å². The number of hydrogen-bond donors (Lipinski definition) is 2. The van der Waals surface area contributed by atoms with Gasteiger partial charge in [0.1, 0.15) is 18.0 Å². The van der Waals surface area contributed by atoms with E-state index in [9.17, 15) is 8.42 Å². The third-order valence-electron chi connectivity index (χ3n) is 2.43. The molecule has 0 aliphatic heterocycles. The van der Waals surface area contributed by atoms with Crippen molar-refractivity contribution in [2.75, 3.05) is 0 Å². The molecule has 0 fully saturated rings. The zero-order valence-corrected chi connectivity index (χ0v) is 11.1. The van der Waals surface area contributed by atoms with Gasteiger partial charge in [0.05, 0.1) is 12.2 Å². The molecule has 0 saturated carbocycles. The smallest absolute Gasteiger partial charge is 0.258 e. The highest BCUT2D eigenvalue weighted by Gasteiger charge is 2.22. The topological polar surface area (TPSA) is 106 Å². The van der Waals surface area contributed by atoms with Crippen LogP contribution in [-0.2, 0) is 17.1 Å². The number of aromatic nitrogens is 5. The lowest BCUT2D eigenvalue weighted by Gasteiger charge is -2.12. The highest BCUT2D eigenvalue weighted by atomic mass is 32.2. The number of rotatable bonds is 4. The summed E-state index contributed by atoms with van der Waals surface area (Å²) >= 11 is 0. The van der Waals surface area contributed by atoms with Crippen molar-refractivity contribution in [1.82, 2.24) is 29.5 Å². The predicted molar refractivity (Wildman–Crippen MR) is 63.1 cm³/mol. The second kappa shape index (κ2) is 4.50. The minimum absolute atomic E-state index is 0.0361. The molecule has 9 heteroatoms. The lowest BCUT2D eigenvalue weighted by atomic mass is 10.3. The second-order valence-electron chi connectivity index (χ2n) is 3.98. The number of imidazole rings is 1. The fourth-order valence-corrected chi connectivity index (χ4v) is 2.74. The van der Waals surface area contributed by atoms with E-state index >= 15 is 0 Å². The maximum atomic E-state index is 12.0. The summed E-state index contributed by atoms with van der Waals surface area (Å²) in [5.74, 6) is 1.08. The van der Waals surface area contributed by atoms with Gasteiger partial charge in [-0.1, -0.05) is 0 Å². The monoisotopic (exact) mass is 270 g/mol. The third-order valence-corrected chi connectivity index (χ3v) is 3.89. The Balaban J connectivity index is 2.21. The van der Waals surface area contributed by atoms with Gasteiger partial charge in [-0.3, -0.25) is 0 Å². The first-order valence-electron chi connectivity index (χ1n) is 5.28. The first-order valence-corrected chi connectivity index (χ1v) is 6.76. The Labute approximate surface area is 105 Å². The van der Waals surface area contributed by atoms with Gasteiger partial charge < -0.3 is 9.55 Å². The number of sulfonamides is 1. The Morgan fingerprint density at radius 2 is 2.22 bits per heavy atom. The van der Waals surface area contributed by atoms with Gasteiger partial charge in [-0.2, -0.15) is 4.72 Å². The summed E-state index contributed by atoms with van der Waals surface area (Å²) in [7, 11) is -1.88. The number of aromatic amines is 1. The van der Waals surface area contributed by atoms with Crippen LogP contribution < -0.4 is 4.72 Å². The molecule has 0 saturated heterocycles. The molecular formula is C9H14N6O2S. The second-order valence-corrected chi connectivity index (χ2v) is 5.66. The minimum Gasteiger partial charge on any atom is -0.332 e. The van der Waals surface area contributed by atoms with Crippen LogP contribution in [0.1, 0.15) is 24.6 Å². The number of H-pyrrole nitrogens is 1. The maximum Gasteiger partial charge on any atom is 0.258 e. The van der Waals surface area contributed by atoms with E-state index < -0.39 is 16.1 Å². The van der Waals surface area contributed by atoms with E-state index in [1.54, 1.807) is 25.5 Å². The standard InChI is InChI=1S/C9H14N6O2S/c1-6(9-13-11-5-15(9)3)14-18(16,17)8-4-10-7(2)12-8/h4-6,14H,1-3H3,(H,10,12). The van der Waals surface area contributed by atoms with Crippen molar-refractivity contribution in [2.24, 2.45) is 7.05 Å². The van der Waals surface area contributed by atoms with Crippen LogP contribution >= 0.6 is 0 Å². The zero-order valence-electron chi connectivity index (χ0n) is 10.2. The Morgan fingerprint density at radius 1 is 1.50 bits per heavy atom. The van der Waals surface area contributed by atoms with E-state index in [4.69, 9.17) is 0 Å². The minimum atomic E-state index is -3.63. The van der Waals surface area contributed by atoms with Gasteiger partial charge in [-0.05, 0) is 13.8 Å². The van der Waals surface area contributed by atoms with Crippen LogP contribution in [0, 0.1) is 6.92 Å². The lowest BCUT2D eigenvalue weighted by molar-refractivity contribution is 0.550. The Bertz CT molecular complexity index is 644. The molecule has 18 heavy (non-hydrogen) atoms. The molecule has 0 radical (unpaired) electrons. The molecule has 2 N–H and O–H groups in total. The predicted octanol–water partition coefficient (Wildman–Crippen LogP) is -0.114. The van der Waals surface area contributed by atoms with Crippen LogP contribution in [0.5, 0.6) is 0 Å². The summed E-state index contributed by atoms with van der Waals surface area (Å²) in [6.45, 7) is 3.38. The van der Waals surface area contributed by atoms with Crippen LogP contribution in [0.2, 0.25) is 0 Å². The first-order chi connectivity index (χ1) is 8.40. The molecular weight excluding hydrogens is 256 g/mol. The van der Waals surface area contributed by atoms with Crippen LogP contribution in [0.3, 0.4) is 0 Å². The summed E-state index contributed by atoms with van der Waals surface area (Å²) in [6, 6.07) is -0.480. The zero-order chi connectivity index (χ0) is 13.3. The molecule has 2 rings (SSSR count). The van der Waals surface area contributed by atoms with Gasteiger partial charge in [0.2, 0.25) is 0 Å². The molecule has 8 nitrogen and oxygen atoms in total. The average molecular weight is 270 g/mol. The Morgan fingerprint density at radius 3 is 2.72 bits per heavy atom. The van der Waals surface area contributed by atoms with Gasteiger partial charge in [-0.15, -0.1) is 10.2 Å². The number of nitrogens with one attached hydrogen (secondary N) is 2. The highest BCUT2D eigenvalue weighted by molar-refractivity contribution is 7.89. The van der Waals surface area contributed by atoms with Crippen LogP contribution in [-0.4, -0.2) is 33.2 Å². The first kappa shape index (κ1) is 12.7. The molecule has 2 heterocycles. The van der Waals surface area contributed by atoms with Crippen molar-refractivity contribution < 1.29 is 8.42 Å². The van der Waals surface area contributed by atoms with Gasteiger partial charge in [0.15, 0.2) is 5.03 Å². The van der Waals surface area contributed by atoms with Gasteiger partial charge >= 0.3 is 0 Å². The van der Waals surface area contributed by atoms with Crippen molar-refractivity contribution >= 4 is 10.0 Å². The average Bonchev–Trinajstić information content (AvgIpc) is 2.86. The quantitative estimate of drug-likeness (QED) is 0.806. The molecule has 1 atom stereocenters. The van der Waals surface area contributed by atoms with E-state index in [1.807, 2.05) is 0 Å². The van der Waals surface area contributed by atoms with E-state index in [2.05, 4.69) is 24.9 Å². The molecule has 2 aromatic heterocycles. The van der Waals surface area contributed by atoms with Crippen molar-refractivity contribution in [2.45, 2.75) is 24.9 Å². The largest absolute Gasteiger partial charge is 0.332 e. The number of aryl methyl sites for hydroxylation is 2. The molecule has 2 aromatic rings. The van der Waals surface area contributed by atoms with E-state index in [-0.39, 0.29) is 5.03 Å². The number of hydrogen-bond acceptors (Lipinski definition) is 5. The van der Waals surface area contributed by atoms with Gasteiger partial charge in [0, 0.05) is 7.05 Å². The normalized spacial score (nSPS) is 13.7. The molecule has 0 spiro atoms. The molecule has 98 valence electrons. The van der Waals surface area contributed by atoms with E-state index in [0.717, 1.165) is 0 Å². The Kier molecular flexibility index (Phi) is 3.18. The molecule has 0 amide bonds. The molecule has 1 unspecified atom stereocenters. The fraction of sp³-hybridized carbons (Fsp3) is 0.444. The molecule has 0 bridgehead atoms. The summed E-state index contributed by atoms with van der Waals surface area (Å²) < 4.78 is 28.2. The molecule has 0 aliphatic carbocycles. The van der Waals surface area contributed by atoms with Crippen molar-refractivity contribution in [3.8, 4) is 0 Å². The lowest BCUT2D eigenvalue weighted by Crippen LogP contribution is -2.28. The van der Waals surface area contributed by atoms with Crippen molar-refractivity contribution in [3.05, 3.63) is 24.2 Å². The van der Waals surface area contributed by atoms with Gasteiger partial charge in [-0.25, -0.2) is 13.4 Å². The van der Waals surface area contributed by atoms with Crippen LogP contribution in [0.4, 0.5) is 0 Å². The summed E-state index contributed by atoms with van der Waals surface area (Å²) in [4.78, 5) is 6.54. The fourth-order valence-electron chi connectivity index (χ4n) is 1.57. The summed E-state index contributed by atoms with van der Waals surface area (Å²) in [6.07, 6.45) is 2.79. The third kappa shape index (κ3) is 2.41. The SMILES string of the molecule is Cc1ncc(S(=O)(=O)NC(C)c2nncn2C)[nH]1. The van der Waals surface area contributed by atoms with Crippen molar-refractivity contribution in [3.63, 3.8) is 0 Å². The van der Waals surface area contributed by atoms with Crippen molar-refractivity contribution in [1.29, 1.82) is 0 Å². The molecule has 0 aromatic carbocycles. The number of nitrogens with zero attached hydrogens (tertiary/aromatic N) is 4. The van der Waals surface area contributed by atoms with E-state index in [0.29, 0.717) is 11.6 Å². The van der Waals surface area contributed by atoms with Gasteiger partial charge in [0.25, 0.3) is 10.0 Å². The summed E-state index contributed by atoms with van der Waals surface area (Å²) in [5.41, 5.74) is 0. The van der Waals surface area contributed by atoms with E-state index in [1.165, 1.54) is 12.5 Å². The van der Waals surface area contributed by atoms with Crippen LogP contribution in [0.25, 0.3) is 0 Å². The highest BCUT2D eigenvalue weighted by Crippen LogP contribution is 2.13. The Hall–Kier alpha value is -1.74. The molecule has 0 aliphatic rings.